The van der Waals surface area contributed by atoms with E-state index in [4.69, 9.17) is 20.6 Å². The molecule has 0 amide bonds. The zero-order valence-corrected chi connectivity index (χ0v) is 15.2. The fourth-order valence-electron chi connectivity index (χ4n) is 3.25. The molecule has 2 aromatic heterocycles. The van der Waals surface area contributed by atoms with E-state index in [0.29, 0.717) is 5.82 Å². The number of nitrogens with two attached hydrogens (primary N) is 1. The van der Waals surface area contributed by atoms with Gasteiger partial charge in [-0.05, 0) is 50.0 Å². The van der Waals surface area contributed by atoms with Crippen LogP contribution in [0.2, 0.25) is 0 Å². The van der Waals surface area contributed by atoms with Gasteiger partial charge in [-0.3, -0.25) is 0 Å². The summed E-state index contributed by atoms with van der Waals surface area (Å²) in [5.74, 6) is 1.66. The van der Waals surface area contributed by atoms with Crippen molar-refractivity contribution in [2.75, 3.05) is 51.0 Å². The molecule has 0 aliphatic carbocycles. The van der Waals surface area contributed by atoms with E-state index in [9.17, 15) is 0 Å². The van der Waals surface area contributed by atoms with Crippen molar-refractivity contribution >= 4 is 17.0 Å². The highest BCUT2D eigenvalue weighted by atomic mass is 16.5. The number of aromatic nitrogens is 3. The number of benzene rings is 1. The Kier molecular flexibility index (Phi) is 4.48. The van der Waals surface area contributed by atoms with Crippen molar-refractivity contribution in [2.24, 2.45) is 0 Å². The summed E-state index contributed by atoms with van der Waals surface area (Å²) in [5.41, 5.74) is 9.76. The van der Waals surface area contributed by atoms with Crippen LogP contribution in [0.25, 0.3) is 16.9 Å². The minimum absolute atomic E-state index is 0.700. The number of rotatable bonds is 4. The van der Waals surface area contributed by atoms with E-state index in [1.54, 1.807) is 0 Å². The Hall–Kier alpha value is -2.64. The zero-order chi connectivity index (χ0) is 18.1. The molecule has 0 saturated carbocycles. The molecule has 7 nitrogen and oxygen atoms in total. The number of morpholine rings is 1. The largest absolute Gasteiger partial charge is 0.399 e. The molecule has 136 valence electrons. The van der Waals surface area contributed by atoms with Crippen molar-refractivity contribution in [1.29, 1.82) is 0 Å². The monoisotopic (exact) mass is 352 g/mol. The highest BCUT2D eigenvalue weighted by molar-refractivity contribution is 5.73. The number of hydrogen-bond acceptors (Lipinski definition) is 6. The fraction of sp³-hybridized carbons (Fsp3) is 0.368. The first-order chi connectivity index (χ1) is 12.6. The highest BCUT2D eigenvalue weighted by Crippen LogP contribution is 2.26. The molecule has 0 atom stereocenters. The van der Waals surface area contributed by atoms with E-state index in [2.05, 4.69) is 36.2 Å². The van der Waals surface area contributed by atoms with E-state index in [0.717, 1.165) is 55.4 Å². The molecule has 1 aliphatic rings. The van der Waals surface area contributed by atoms with E-state index < -0.39 is 0 Å². The molecule has 3 aromatic rings. The van der Waals surface area contributed by atoms with Gasteiger partial charge in [0.2, 0.25) is 0 Å². The summed E-state index contributed by atoms with van der Waals surface area (Å²) in [5, 5.41) is 4.75. The van der Waals surface area contributed by atoms with Gasteiger partial charge in [-0.1, -0.05) is 0 Å². The van der Waals surface area contributed by atoms with Crippen molar-refractivity contribution in [2.45, 2.75) is 6.54 Å². The average Bonchev–Trinajstić information content (AvgIpc) is 3.03. The topological polar surface area (TPSA) is 71.9 Å². The lowest BCUT2D eigenvalue weighted by Gasteiger charge is -2.28. The van der Waals surface area contributed by atoms with Crippen LogP contribution in [0.15, 0.2) is 36.5 Å². The predicted octanol–water partition coefficient (Wildman–Crippen LogP) is 1.88. The lowest BCUT2D eigenvalue weighted by Crippen LogP contribution is -2.37. The molecule has 0 radical (unpaired) electrons. The molecule has 0 spiro atoms. The predicted molar refractivity (Wildman–Crippen MR) is 103 cm³/mol. The summed E-state index contributed by atoms with van der Waals surface area (Å²) in [6.07, 6.45) is 2.09. The molecule has 4 rings (SSSR count). The van der Waals surface area contributed by atoms with E-state index in [1.165, 1.54) is 5.56 Å². The van der Waals surface area contributed by atoms with Crippen LogP contribution in [0.5, 0.6) is 0 Å². The first-order valence-electron chi connectivity index (χ1n) is 8.83. The van der Waals surface area contributed by atoms with Crippen LogP contribution in [0.1, 0.15) is 5.56 Å². The maximum absolute atomic E-state index is 5.82. The SMILES string of the molecule is CN(C)Cc1cc2c(N3CCOCC3)nc(-c3ccc(N)cc3)nn2c1. The van der Waals surface area contributed by atoms with Crippen LogP contribution in [0.3, 0.4) is 0 Å². The summed E-state index contributed by atoms with van der Waals surface area (Å²) in [4.78, 5) is 9.33. The molecular formula is C19H24N6O. The standard InChI is InChI=1S/C19H24N6O/c1-23(2)12-14-11-17-19(24-7-9-26-10-8-24)21-18(22-25(17)13-14)15-3-5-16(20)6-4-15/h3-6,11,13H,7-10,12,20H2,1-2H3. The lowest BCUT2D eigenvalue weighted by atomic mass is 10.2. The van der Waals surface area contributed by atoms with Crippen molar-refractivity contribution in [3.05, 3.63) is 42.1 Å². The van der Waals surface area contributed by atoms with Gasteiger partial charge < -0.3 is 20.3 Å². The number of nitrogens with zero attached hydrogens (tertiary/aromatic N) is 5. The second-order valence-corrected chi connectivity index (χ2v) is 6.90. The van der Waals surface area contributed by atoms with Gasteiger partial charge in [-0.15, -0.1) is 5.10 Å². The Morgan fingerprint density at radius 2 is 1.88 bits per heavy atom. The van der Waals surface area contributed by atoms with Crippen LogP contribution in [0.4, 0.5) is 11.5 Å². The number of hydrogen-bond donors (Lipinski definition) is 1. The second-order valence-electron chi connectivity index (χ2n) is 6.90. The summed E-state index contributed by atoms with van der Waals surface area (Å²) < 4.78 is 7.45. The minimum atomic E-state index is 0.700. The highest BCUT2D eigenvalue weighted by Gasteiger charge is 2.19. The van der Waals surface area contributed by atoms with Crippen LogP contribution in [-0.2, 0) is 11.3 Å². The number of ether oxygens (including phenoxy) is 1. The maximum Gasteiger partial charge on any atom is 0.182 e. The van der Waals surface area contributed by atoms with Gasteiger partial charge in [0, 0.05) is 37.1 Å². The van der Waals surface area contributed by atoms with E-state index >= 15 is 0 Å². The third-order valence-corrected chi connectivity index (χ3v) is 4.48. The van der Waals surface area contributed by atoms with Gasteiger partial charge in [0.05, 0.1) is 13.2 Å². The first kappa shape index (κ1) is 16.8. The quantitative estimate of drug-likeness (QED) is 0.723. The molecule has 1 fully saturated rings. The van der Waals surface area contributed by atoms with Crippen molar-refractivity contribution in [1.82, 2.24) is 19.5 Å². The lowest BCUT2D eigenvalue weighted by molar-refractivity contribution is 0.122. The molecule has 2 N–H and O–H groups in total. The summed E-state index contributed by atoms with van der Waals surface area (Å²) >= 11 is 0. The second kappa shape index (κ2) is 6.93. The Labute approximate surface area is 153 Å². The van der Waals surface area contributed by atoms with Crippen molar-refractivity contribution in [3.63, 3.8) is 0 Å². The molecular weight excluding hydrogens is 328 g/mol. The fourth-order valence-corrected chi connectivity index (χ4v) is 3.25. The molecule has 0 bridgehead atoms. The number of fused-ring (bicyclic) bond motifs is 1. The number of anilines is 2. The summed E-state index contributed by atoms with van der Waals surface area (Å²) in [7, 11) is 4.13. The third-order valence-electron chi connectivity index (χ3n) is 4.48. The average molecular weight is 352 g/mol. The Balaban J connectivity index is 1.83. The van der Waals surface area contributed by atoms with Crippen molar-refractivity contribution < 1.29 is 4.74 Å². The molecule has 1 aliphatic heterocycles. The van der Waals surface area contributed by atoms with Gasteiger partial charge in [0.15, 0.2) is 11.6 Å². The first-order valence-corrected chi connectivity index (χ1v) is 8.83. The van der Waals surface area contributed by atoms with Gasteiger partial charge in [-0.25, -0.2) is 9.50 Å². The van der Waals surface area contributed by atoms with Gasteiger partial charge in [-0.2, -0.15) is 0 Å². The van der Waals surface area contributed by atoms with E-state index in [-0.39, 0.29) is 0 Å². The number of nitrogen functional groups attached to an aromatic ring is 1. The van der Waals surface area contributed by atoms with Gasteiger partial charge in [0.1, 0.15) is 5.52 Å². The normalized spacial score (nSPS) is 15.1. The Morgan fingerprint density at radius 3 is 2.58 bits per heavy atom. The molecule has 7 heteroatoms. The van der Waals surface area contributed by atoms with Crippen molar-refractivity contribution in [3.8, 4) is 11.4 Å². The molecule has 26 heavy (non-hydrogen) atoms. The molecule has 3 heterocycles. The third kappa shape index (κ3) is 3.36. The Bertz CT molecular complexity index is 896. The molecule has 1 aromatic carbocycles. The summed E-state index contributed by atoms with van der Waals surface area (Å²) in [6.45, 7) is 3.98. The zero-order valence-electron chi connectivity index (χ0n) is 15.2. The Morgan fingerprint density at radius 1 is 1.15 bits per heavy atom. The maximum atomic E-state index is 5.82. The van der Waals surface area contributed by atoms with Gasteiger partial charge in [0.25, 0.3) is 0 Å². The minimum Gasteiger partial charge on any atom is -0.399 e. The summed E-state index contributed by atoms with van der Waals surface area (Å²) in [6, 6.07) is 9.86. The van der Waals surface area contributed by atoms with E-state index in [1.807, 2.05) is 28.8 Å². The van der Waals surface area contributed by atoms with Gasteiger partial charge >= 0.3 is 0 Å². The van der Waals surface area contributed by atoms with Crippen LogP contribution < -0.4 is 10.6 Å². The van der Waals surface area contributed by atoms with Crippen LogP contribution in [-0.4, -0.2) is 59.9 Å². The smallest absolute Gasteiger partial charge is 0.182 e. The van der Waals surface area contributed by atoms with Crippen LogP contribution in [0, 0.1) is 0 Å². The molecule has 0 unspecified atom stereocenters. The van der Waals surface area contributed by atoms with Crippen LogP contribution >= 0.6 is 0 Å². The molecule has 1 saturated heterocycles.